The van der Waals surface area contributed by atoms with Crippen LogP contribution in [0.4, 0.5) is 4.39 Å². The summed E-state index contributed by atoms with van der Waals surface area (Å²) in [5, 5.41) is 3.71. The molecule has 0 bridgehead atoms. The minimum absolute atomic E-state index is 0.0936. The summed E-state index contributed by atoms with van der Waals surface area (Å²) in [5.41, 5.74) is 0.931. The molecular formula is C14H21ClFNO. The van der Waals surface area contributed by atoms with Gasteiger partial charge < -0.3 is 10.1 Å². The van der Waals surface area contributed by atoms with Gasteiger partial charge in [0.25, 0.3) is 0 Å². The Bertz CT molecular complexity index is 384. The zero-order valence-electron chi connectivity index (χ0n) is 11.3. The third kappa shape index (κ3) is 3.94. The van der Waals surface area contributed by atoms with Gasteiger partial charge in [0.05, 0.1) is 6.10 Å². The quantitative estimate of drug-likeness (QED) is 0.859. The van der Waals surface area contributed by atoms with Crippen molar-refractivity contribution in [2.45, 2.75) is 32.4 Å². The summed E-state index contributed by atoms with van der Waals surface area (Å²) in [6.45, 7) is 4.23. The Hall–Kier alpha value is -0.640. The van der Waals surface area contributed by atoms with Crippen LogP contribution in [0.15, 0.2) is 18.2 Å². The van der Waals surface area contributed by atoms with Gasteiger partial charge >= 0.3 is 0 Å². The molecule has 0 radical (unpaired) electrons. The maximum atomic E-state index is 13.0. The molecule has 1 aromatic rings. The fraction of sp³-hybridized carbons (Fsp3) is 0.571. The van der Waals surface area contributed by atoms with Crippen molar-refractivity contribution in [3.63, 3.8) is 0 Å². The number of likely N-dealkylation sites (N-methyl/N-ethyl adjacent to an activating group) is 1. The van der Waals surface area contributed by atoms with E-state index in [0.717, 1.165) is 5.56 Å². The van der Waals surface area contributed by atoms with Gasteiger partial charge in [-0.25, -0.2) is 4.39 Å². The smallest absolute Gasteiger partial charge is 0.124 e. The predicted molar refractivity (Wildman–Crippen MR) is 73.6 cm³/mol. The highest BCUT2D eigenvalue weighted by Crippen LogP contribution is 2.21. The van der Waals surface area contributed by atoms with Gasteiger partial charge in [-0.2, -0.15) is 0 Å². The molecule has 0 saturated heterocycles. The van der Waals surface area contributed by atoms with Gasteiger partial charge in [0.1, 0.15) is 5.82 Å². The molecule has 2 atom stereocenters. The molecule has 4 heteroatoms. The van der Waals surface area contributed by atoms with Crippen LogP contribution >= 0.6 is 11.6 Å². The second kappa shape index (κ2) is 7.07. The molecule has 18 heavy (non-hydrogen) atoms. The fourth-order valence-electron chi connectivity index (χ4n) is 2.21. The molecule has 0 fully saturated rings. The summed E-state index contributed by atoms with van der Waals surface area (Å²) >= 11 is 6.05. The van der Waals surface area contributed by atoms with Crippen LogP contribution in [0.25, 0.3) is 0 Å². The number of ether oxygens (including phenoxy) is 1. The number of nitrogens with one attached hydrogen (secondary N) is 1. The average Bonchev–Trinajstić information content (AvgIpc) is 2.31. The zero-order valence-corrected chi connectivity index (χ0v) is 12.1. The molecule has 1 rings (SSSR count). The first-order valence-electron chi connectivity index (χ1n) is 6.13. The van der Waals surface area contributed by atoms with Crippen molar-refractivity contribution in [3.05, 3.63) is 34.6 Å². The lowest BCUT2D eigenvalue weighted by Crippen LogP contribution is -2.43. The van der Waals surface area contributed by atoms with Crippen LogP contribution in [0.3, 0.4) is 0 Å². The topological polar surface area (TPSA) is 21.3 Å². The van der Waals surface area contributed by atoms with Gasteiger partial charge in [0.15, 0.2) is 0 Å². The van der Waals surface area contributed by atoms with Crippen LogP contribution in [-0.2, 0) is 11.2 Å². The van der Waals surface area contributed by atoms with Gasteiger partial charge in [0.2, 0.25) is 0 Å². The Kier molecular flexibility index (Phi) is 6.06. The van der Waals surface area contributed by atoms with Gasteiger partial charge in [-0.15, -0.1) is 0 Å². The first kappa shape index (κ1) is 15.4. The number of rotatable bonds is 6. The Morgan fingerprint density at radius 3 is 2.50 bits per heavy atom. The third-order valence-electron chi connectivity index (χ3n) is 3.15. The monoisotopic (exact) mass is 273 g/mol. The van der Waals surface area contributed by atoms with Crippen molar-refractivity contribution in [1.82, 2.24) is 5.32 Å². The van der Waals surface area contributed by atoms with E-state index in [1.54, 1.807) is 13.2 Å². The summed E-state index contributed by atoms with van der Waals surface area (Å²) in [4.78, 5) is 0. The highest BCUT2D eigenvalue weighted by Gasteiger charge is 2.23. The highest BCUT2D eigenvalue weighted by atomic mass is 35.5. The first-order chi connectivity index (χ1) is 8.49. The van der Waals surface area contributed by atoms with E-state index < -0.39 is 0 Å². The molecule has 0 aliphatic heterocycles. The lowest BCUT2D eigenvalue weighted by molar-refractivity contribution is 0.0354. The SMILES string of the molecule is CNC(Cc1ccc(F)cc1Cl)C(OC)C(C)C. The van der Waals surface area contributed by atoms with E-state index in [-0.39, 0.29) is 18.0 Å². The minimum atomic E-state index is -0.308. The van der Waals surface area contributed by atoms with Crippen LogP contribution in [-0.4, -0.2) is 26.3 Å². The minimum Gasteiger partial charge on any atom is -0.380 e. The molecule has 0 aliphatic rings. The maximum Gasteiger partial charge on any atom is 0.124 e. The molecule has 0 aliphatic carbocycles. The molecule has 0 saturated carbocycles. The Balaban J connectivity index is 2.85. The van der Waals surface area contributed by atoms with Crippen molar-refractivity contribution in [3.8, 4) is 0 Å². The number of methoxy groups -OCH3 is 1. The van der Waals surface area contributed by atoms with Gasteiger partial charge in [-0.05, 0) is 37.1 Å². The lowest BCUT2D eigenvalue weighted by Gasteiger charge is -2.29. The van der Waals surface area contributed by atoms with Gasteiger partial charge in [0, 0.05) is 18.2 Å². The van der Waals surface area contributed by atoms with E-state index in [1.807, 2.05) is 7.05 Å². The number of benzene rings is 1. The Morgan fingerprint density at radius 2 is 2.06 bits per heavy atom. The Labute approximate surface area is 113 Å². The predicted octanol–water partition coefficient (Wildman–Crippen LogP) is 3.28. The van der Waals surface area contributed by atoms with E-state index in [0.29, 0.717) is 17.4 Å². The number of hydrogen-bond acceptors (Lipinski definition) is 2. The lowest BCUT2D eigenvalue weighted by atomic mass is 9.94. The maximum absolute atomic E-state index is 13.0. The molecule has 1 aromatic carbocycles. The molecular weight excluding hydrogens is 253 g/mol. The fourth-order valence-corrected chi connectivity index (χ4v) is 2.45. The van der Waals surface area contributed by atoms with Crippen LogP contribution < -0.4 is 5.32 Å². The van der Waals surface area contributed by atoms with Crippen LogP contribution in [0, 0.1) is 11.7 Å². The average molecular weight is 274 g/mol. The van der Waals surface area contributed by atoms with Crippen molar-refractivity contribution in [2.24, 2.45) is 5.92 Å². The van der Waals surface area contributed by atoms with E-state index >= 15 is 0 Å². The normalized spacial score (nSPS) is 14.8. The molecule has 1 N–H and O–H groups in total. The summed E-state index contributed by atoms with van der Waals surface area (Å²) < 4.78 is 18.5. The zero-order chi connectivity index (χ0) is 13.7. The molecule has 0 heterocycles. The number of halogens is 2. The summed E-state index contributed by atoms with van der Waals surface area (Å²) in [5.74, 6) is 0.0867. The first-order valence-corrected chi connectivity index (χ1v) is 6.51. The van der Waals surface area contributed by atoms with Crippen LogP contribution in [0.2, 0.25) is 5.02 Å². The third-order valence-corrected chi connectivity index (χ3v) is 3.50. The van der Waals surface area contributed by atoms with Gasteiger partial charge in [-0.3, -0.25) is 0 Å². The van der Waals surface area contributed by atoms with Crippen molar-refractivity contribution in [1.29, 1.82) is 0 Å². The van der Waals surface area contributed by atoms with E-state index in [2.05, 4.69) is 19.2 Å². The van der Waals surface area contributed by atoms with Crippen molar-refractivity contribution < 1.29 is 9.13 Å². The standard InChI is InChI=1S/C14H21ClFNO/c1-9(2)14(18-4)13(17-3)7-10-5-6-11(16)8-12(10)15/h5-6,8-9,13-14,17H,7H2,1-4H3. The largest absolute Gasteiger partial charge is 0.380 e. The summed E-state index contributed by atoms with van der Waals surface area (Å²) in [7, 11) is 3.61. The second-order valence-electron chi connectivity index (χ2n) is 4.78. The van der Waals surface area contributed by atoms with Gasteiger partial charge in [-0.1, -0.05) is 31.5 Å². The van der Waals surface area contributed by atoms with Crippen molar-refractivity contribution >= 4 is 11.6 Å². The van der Waals surface area contributed by atoms with Crippen LogP contribution in [0.1, 0.15) is 19.4 Å². The highest BCUT2D eigenvalue weighted by molar-refractivity contribution is 6.31. The molecule has 0 spiro atoms. The Morgan fingerprint density at radius 1 is 1.39 bits per heavy atom. The molecule has 2 unspecified atom stereocenters. The molecule has 0 amide bonds. The van der Waals surface area contributed by atoms with E-state index in [1.165, 1.54) is 12.1 Å². The molecule has 0 aromatic heterocycles. The number of hydrogen-bond donors (Lipinski definition) is 1. The second-order valence-corrected chi connectivity index (χ2v) is 5.19. The molecule has 2 nitrogen and oxygen atoms in total. The van der Waals surface area contributed by atoms with Crippen LogP contribution in [0.5, 0.6) is 0 Å². The summed E-state index contributed by atoms with van der Waals surface area (Å²) in [6, 6.07) is 4.67. The van der Waals surface area contributed by atoms with E-state index in [9.17, 15) is 4.39 Å². The van der Waals surface area contributed by atoms with Crippen molar-refractivity contribution in [2.75, 3.05) is 14.2 Å². The molecule has 102 valence electrons. The van der Waals surface area contributed by atoms with E-state index in [4.69, 9.17) is 16.3 Å². The summed E-state index contributed by atoms with van der Waals surface area (Å²) in [6.07, 6.45) is 0.808.